The summed E-state index contributed by atoms with van der Waals surface area (Å²) in [6.45, 7) is 5.59. The van der Waals surface area contributed by atoms with Gasteiger partial charge in [-0.25, -0.2) is 4.79 Å². The van der Waals surface area contributed by atoms with E-state index in [0.29, 0.717) is 6.54 Å². The van der Waals surface area contributed by atoms with E-state index in [4.69, 9.17) is 44.3 Å². The fraction of sp³-hybridized carbons (Fsp3) is 0.278. The monoisotopic (exact) mass is 401 g/mol. The summed E-state index contributed by atoms with van der Waals surface area (Å²) in [7, 11) is 0. The largest absolute Gasteiger partial charge is 0.513 e. The molecule has 0 atom stereocenters. The standard InChI is InChI=1S/C18H18Cl3NO3/c1-3-22(13-6-4-5-12(2)9-13)7-8-24-18(23)25-17-11-15(20)14(19)10-16(17)21/h4-6,9-11H,3,7-8H2,1-2H3. The third kappa shape index (κ3) is 5.70. The van der Waals surface area contributed by atoms with E-state index in [0.717, 1.165) is 12.2 Å². The molecule has 2 rings (SSSR count). The SMILES string of the molecule is CCN(CCOC(=O)Oc1cc(Cl)c(Cl)cc1Cl)c1cccc(C)c1. The van der Waals surface area contributed by atoms with Crippen LogP contribution in [0.2, 0.25) is 15.1 Å². The van der Waals surface area contributed by atoms with Crippen LogP contribution in [0.3, 0.4) is 0 Å². The average molecular weight is 403 g/mol. The maximum absolute atomic E-state index is 11.8. The molecule has 0 unspecified atom stereocenters. The van der Waals surface area contributed by atoms with Crippen LogP contribution < -0.4 is 9.64 Å². The third-order valence-corrected chi connectivity index (χ3v) is 4.52. The summed E-state index contributed by atoms with van der Waals surface area (Å²) in [6, 6.07) is 10.9. The van der Waals surface area contributed by atoms with Crippen LogP contribution in [0, 0.1) is 6.92 Å². The molecule has 0 spiro atoms. The van der Waals surface area contributed by atoms with Crippen molar-refractivity contribution in [3.05, 3.63) is 57.0 Å². The second kappa shape index (κ2) is 9.18. The quantitative estimate of drug-likeness (QED) is 0.337. The van der Waals surface area contributed by atoms with E-state index in [1.807, 2.05) is 32.0 Å². The van der Waals surface area contributed by atoms with E-state index < -0.39 is 6.16 Å². The van der Waals surface area contributed by atoms with Crippen LogP contribution in [-0.4, -0.2) is 25.9 Å². The van der Waals surface area contributed by atoms with Crippen molar-refractivity contribution >= 4 is 46.6 Å². The molecular formula is C18H18Cl3NO3. The lowest BCUT2D eigenvalue weighted by Gasteiger charge is -2.23. The molecule has 2 aromatic carbocycles. The predicted octanol–water partition coefficient (Wildman–Crippen LogP) is 6.00. The topological polar surface area (TPSA) is 38.8 Å². The minimum atomic E-state index is -0.847. The molecule has 0 aliphatic rings. The fourth-order valence-electron chi connectivity index (χ4n) is 2.24. The van der Waals surface area contributed by atoms with Gasteiger partial charge in [-0.2, -0.15) is 0 Å². The van der Waals surface area contributed by atoms with Gasteiger partial charge in [0.05, 0.1) is 21.6 Å². The lowest BCUT2D eigenvalue weighted by Crippen LogP contribution is -2.28. The highest BCUT2D eigenvalue weighted by molar-refractivity contribution is 6.43. The van der Waals surface area contributed by atoms with Crippen LogP contribution in [0.4, 0.5) is 10.5 Å². The number of aryl methyl sites for hydroxylation is 1. The summed E-state index contributed by atoms with van der Waals surface area (Å²) in [4.78, 5) is 13.9. The van der Waals surface area contributed by atoms with Crippen molar-refractivity contribution in [3.8, 4) is 5.75 Å². The summed E-state index contributed by atoms with van der Waals surface area (Å²) in [5.74, 6) is 0.104. The van der Waals surface area contributed by atoms with Gasteiger partial charge in [0.25, 0.3) is 0 Å². The number of carbonyl (C=O) groups is 1. The Morgan fingerprint density at radius 3 is 2.48 bits per heavy atom. The van der Waals surface area contributed by atoms with E-state index >= 15 is 0 Å². The number of carbonyl (C=O) groups excluding carboxylic acids is 1. The molecule has 4 nitrogen and oxygen atoms in total. The molecule has 2 aromatic rings. The van der Waals surface area contributed by atoms with Crippen LogP contribution >= 0.6 is 34.8 Å². The van der Waals surface area contributed by atoms with Crippen LogP contribution in [0.25, 0.3) is 0 Å². The average Bonchev–Trinajstić information content (AvgIpc) is 2.56. The van der Waals surface area contributed by atoms with Gasteiger partial charge < -0.3 is 14.4 Å². The zero-order valence-corrected chi connectivity index (χ0v) is 16.2. The normalized spacial score (nSPS) is 10.4. The van der Waals surface area contributed by atoms with Crippen molar-refractivity contribution in [1.29, 1.82) is 0 Å². The Balaban J connectivity index is 1.88. The Morgan fingerprint density at radius 1 is 1.08 bits per heavy atom. The zero-order valence-electron chi connectivity index (χ0n) is 13.9. The van der Waals surface area contributed by atoms with Gasteiger partial charge in [-0.3, -0.25) is 0 Å². The molecule has 0 heterocycles. The van der Waals surface area contributed by atoms with Gasteiger partial charge >= 0.3 is 6.16 Å². The zero-order chi connectivity index (χ0) is 18.4. The molecular weight excluding hydrogens is 385 g/mol. The summed E-state index contributed by atoms with van der Waals surface area (Å²) in [5.41, 5.74) is 2.25. The molecule has 0 saturated heterocycles. The lowest BCUT2D eigenvalue weighted by molar-refractivity contribution is 0.101. The highest BCUT2D eigenvalue weighted by atomic mass is 35.5. The Morgan fingerprint density at radius 2 is 1.80 bits per heavy atom. The molecule has 0 radical (unpaired) electrons. The summed E-state index contributed by atoms with van der Waals surface area (Å²) in [5, 5.41) is 0.705. The van der Waals surface area contributed by atoms with Gasteiger partial charge in [-0.15, -0.1) is 0 Å². The van der Waals surface area contributed by atoms with E-state index in [2.05, 4.69) is 11.0 Å². The number of halogens is 3. The van der Waals surface area contributed by atoms with Gasteiger partial charge in [0.2, 0.25) is 0 Å². The Hall–Kier alpha value is -1.62. The predicted molar refractivity (Wildman–Crippen MR) is 103 cm³/mol. The molecule has 0 amide bonds. The highest BCUT2D eigenvalue weighted by Gasteiger charge is 2.13. The minimum Gasteiger partial charge on any atom is -0.432 e. The molecule has 0 saturated carbocycles. The van der Waals surface area contributed by atoms with E-state index in [9.17, 15) is 4.79 Å². The molecule has 0 aliphatic heterocycles. The van der Waals surface area contributed by atoms with Crippen LogP contribution in [0.15, 0.2) is 36.4 Å². The van der Waals surface area contributed by atoms with Crippen LogP contribution in [0.1, 0.15) is 12.5 Å². The Labute approximate surface area is 162 Å². The summed E-state index contributed by atoms with van der Waals surface area (Å²) in [6.07, 6.45) is -0.847. The lowest BCUT2D eigenvalue weighted by atomic mass is 10.2. The van der Waals surface area contributed by atoms with E-state index in [1.165, 1.54) is 17.7 Å². The van der Waals surface area contributed by atoms with E-state index in [1.54, 1.807) is 0 Å². The number of anilines is 1. The van der Waals surface area contributed by atoms with Crippen molar-refractivity contribution in [2.75, 3.05) is 24.6 Å². The number of ether oxygens (including phenoxy) is 2. The van der Waals surface area contributed by atoms with Gasteiger partial charge in [0.15, 0.2) is 5.75 Å². The maximum atomic E-state index is 11.8. The van der Waals surface area contributed by atoms with Gasteiger partial charge in [0, 0.05) is 18.3 Å². The Kier molecular flexibility index (Phi) is 7.24. The van der Waals surface area contributed by atoms with E-state index in [-0.39, 0.29) is 27.4 Å². The fourth-order valence-corrected chi connectivity index (χ4v) is 2.81. The smallest absolute Gasteiger partial charge is 0.432 e. The number of hydrogen-bond donors (Lipinski definition) is 0. The first-order valence-corrected chi connectivity index (χ1v) is 8.85. The molecule has 134 valence electrons. The van der Waals surface area contributed by atoms with Gasteiger partial charge in [-0.1, -0.05) is 46.9 Å². The first-order chi connectivity index (χ1) is 11.9. The molecule has 0 aliphatic carbocycles. The van der Waals surface area contributed by atoms with Gasteiger partial charge in [0.1, 0.15) is 6.61 Å². The second-order valence-corrected chi connectivity index (χ2v) is 6.54. The molecule has 7 heteroatoms. The third-order valence-electron chi connectivity index (χ3n) is 3.50. The van der Waals surface area contributed by atoms with Crippen molar-refractivity contribution in [1.82, 2.24) is 0 Å². The summed E-state index contributed by atoms with van der Waals surface area (Å²) >= 11 is 17.7. The molecule has 0 fully saturated rings. The van der Waals surface area contributed by atoms with Crippen LogP contribution in [-0.2, 0) is 4.74 Å². The highest BCUT2D eigenvalue weighted by Crippen LogP contribution is 2.34. The summed E-state index contributed by atoms with van der Waals surface area (Å²) < 4.78 is 10.2. The number of likely N-dealkylation sites (N-methyl/N-ethyl adjacent to an activating group) is 1. The van der Waals surface area contributed by atoms with Gasteiger partial charge in [-0.05, 0) is 37.6 Å². The second-order valence-electron chi connectivity index (χ2n) is 5.32. The molecule has 0 N–H and O–H groups in total. The number of nitrogens with zero attached hydrogens (tertiary/aromatic N) is 1. The first-order valence-electron chi connectivity index (χ1n) is 7.71. The van der Waals surface area contributed by atoms with Crippen LogP contribution in [0.5, 0.6) is 5.75 Å². The molecule has 25 heavy (non-hydrogen) atoms. The number of benzene rings is 2. The Bertz CT molecular complexity index is 752. The molecule has 0 aromatic heterocycles. The number of rotatable bonds is 6. The minimum absolute atomic E-state index is 0.104. The first kappa shape index (κ1) is 19.7. The number of hydrogen-bond acceptors (Lipinski definition) is 4. The van der Waals surface area contributed by atoms with Crippen molar-refractivity contribution in [2.45, 2.75) is 13.8 Å². The molecule has 0 bridgehead atoms. The van der Waals surface area contributed by atoms with Crippen molar-refractivity contribution in [3.63, 3.8) is 0 Å². The maximum Gasteiger partial charge on any atom is 0.513 e. The van der Waals surface area contributed by atoms with Crippen molar-refractivity contribution < 1.29 is 14.3 Å². The van der Waals surface area contributed by atoms with Crippen molar-refractivity contribution in [2.24, 2.45) is 0 Å².